The standard InChI is InChI=1S/C15H22N2O5S2/c1-10-4-5-11(2)13(8-10)24(20,21)17-12(6-7-23-3)15(19)22-9-14(16)18/h4-5,8,12,17H,6-7,9H2,1-3H3,(H2,16,18)/t12-/m0/s1. The first kappa shape index (κ1) is 20.5. The predicted molar refractivity (Wildman–Crippen MR) is 93.2 cm³/mol. The first-order valence-corrected chi connectivity index (χ1v) is 10.1. The lowest BCUT2D eigenvalue weighted by Crippen LogP contribution is -2.43. The van der Waals surface area contributed by atoms with Crippen LogP contribution in [-0.2, 0) is 24.3 Å². The fraction of sp³-hybridized carbons (Fsp3) is 0.467. The smallest absolute Gasteiger partial charge is 0.324 e. The van der Waals surface area contributed by atoms with Crippen molar-refractivity contribution < 1.29 is 22.7 Å². The van der Waals surface area contributed by atoms with Crippen molar-refractivity contribution >= 4 is 33.7 Å². The number of nitrogens with one attached hydrogen (secondary N) is 1. The number of esters is 1. The minimum Gasteiger partial charge on any atom is -0.454 e. The maximum Gasteiger partial charge on any atom is 0.324 e. The van der Waals surface area contributed by atoms with Gasteiger partial charge in [0.25, 0.3) is 5.91 Å². The normalized spacial score (nSPS) is 12.6. The van der Waals surface area contributed by atoms with Crippen molar-refractivity contribution in [3.63, 3.8) is 0 Å². The number of rotatable bonds is 9. The largest absolute Gasteiger partial charge is 0.454 e. The van der Waals surface area contributed by atoms with Crippen molar-refractivity contribution in [1.82, 2.24) is 4.72 Å². The summed E-state index contributed by atoms with van der Waals surface area (Å²) in [5, 5.41) is 0. The van der Waals surface area contributed by atoms with E-state index in [2.05, 4.69) is 4.72 Å². The number of nitrogens with two attached hydrogens (primary N) is 1. The molecule has 9 heteroatoms. The van der Waals surface area contributed by atoms with Crippen molar-refractivity contribution in [2.75, 3.05) is 18.6 Å². The monoisotopic (exact) mass is 374 g/mol. The molecule has 3 N–H and O–H groups in total. The number of carbonyl (C=O) groups is 2. The van der Waals surface area contributed by atoms with Gasteiger partial charge in [-0.05, 0) is 49.5 Å². The Morgan fingerprint density at radius 1 is 1.33 bits per heavy atom. The molecule has 0 aromatic heterocycles. The molecule has 0 aliphatic carbocycles. The van der Waals surface area contributed by atoms with Gasteiger partial charge in [-0.15, -0.1) is 0 Å². The third-order valence-corrected chi connectivity index (χ3v) is 5.44. The van der Waals surface area contributed by atoms with Crippen LogP contribution in [-0.4, -0.2) is 45.0 Å². The van der Waals surface area contributed by atoms with Gasteiger partial charge in [-0.3, -0.25) is 9.59 Å². The average molecular weight is 374 g/mol. The van der Waals surface area contributed by atoms with E-state index in [0.29, 0.717) is 11.3 Å². The number of ether oxygens (including phenoxy) is 1. The summed E-state index contributed by atoms with van der Waals surface area (Å²) in [4.78, 5) is 22.9. The van der Waals surface area contributed by atoms with Crippen LogP contribution in [0, 0.1) is 13.8 Å². The zero-order valence-corrected chi connectivity index (χ0v) is 15.5. The summed E-state index contributed by atoms with van der Waals surface area (Å²) in [6.07, 6.45) is 2.08. The number of sulfonamides is 1. The molecule has 1 amide bonds. The Morgan fingerprint density at radius 3 is 2.58 bits per heavy atom. The van der Waals surface area contributed by atoms with Crippen LogP contribution in [0.3, 0.4) is 0 Å². The van der Waals surface area contributed by atoms with Gasteiger partial charge in [-0.25, -0.2) is 8.42 Å². The van der Waals surface area contributed by atoms with E-state index in [0.717, 1.165) is 5.56 Å². The number of hydrogen-bond acceptors (Lipinski definition) is 6. The van der Waals surface area contributed by atoms with Crippen molar-refractivity contribution in [3.8, 4) is 0 Å². The number of benzene rings is 1. The van der Waals surface area contributed by atoms with E-state index in [4.69, 9.17) is 10.5 Å². The highest BCUT2D eigenvalue weighted by Gasteiger charge is 2.28. The average Bonchev–Trinajstić information content (AvgIpc) is 2.51. The van der Waals surface area contributed by atoms with Gasteiger partial charge >= 0.3 is 5.97 Å². The fourth-order valence-corrected chi connectivity index (χ4v) is 3.97. The third kappa shape index (κ3) is 6.14. The molecular weight excluding hydrogens is 352 g/mol. The maximum absolute atomic E-state index is 12.6. The molecule has 0 fully saturated rings. The summed E-state index contributed by atoms with van der Waals surface area (Å²) in [5.74, 6) is -1.08. The molecule has 0 aliphatic rings. The van der Waals surface area contributed by atoms with E-state index in [1.807, 2.05) is 6.26 Å². The minimum atomic E-state index is -3.90. The molecule has 0 radical (unpaired) electrons. The Kier molecular flexibility index (Phi) is 7.71. The Labute approximate surface area is 146 Å². The summed E-state index contributed by atoms with van der Waals surface area (Å²) in [6, 6.07) is 3.96. The molecule has 24 heavy (non-hydrogen) atoms. The van der Waals surface area contributed by atoms with Crippen LogP contribution in [0.5, 0.6) is 0 Å². The highest BCUT2D eigenvalue weighted by Crippen LogP contribution is 2.18. The van der Waals surface area contributed by atoms with E-state index >= 15 is 0 Å². The number of hydrogen-bond donors (Lipinski definition) is 2. The van der Waals surface area contributed by atoms with E-state index < -0.39 is 34.5 Å². The highest BCUT2D eigenvalue weighted by molar-refractivity contribution is 7.98. The lowest BCUT2D eigenvalue weighted by atomic mass is 10.2. The molecule has 0 bridgehead atoms. The summed E-state index contributed by atoms with van der Waals surface area (Å²) in [6.45, 7) is 2.88. The highest BCUT2D eigenvalue weighted by atomic mass is 32.2. The maximum atomic E-state index is 12.6. The summed E-state index contributed by atoms with van der Waals surface area (Å²) in [7, 11) is -3.90. The lowest BCUT2D eigenvalue weighted by Gasteiger charge is -2.18. The van der Waals surface area contributed by atoms with Crippen LogP contribution in [0.2, 0.25) is 0 Å². The van der Waals surface area contributed by atoms with Crippen LogP contribution >= 0.6 is 11.8 Å². The van der Waals surface area contributed by atoms with Gasteiger partial charge in [0.2, 0.25) is 10.0 Å². The third-order valence-electron chi connectivity index (χ3n) is 3.18. The van der Waals surface area contributed by atoms with E-state index in [-0.39, 0.29) is 11.3 Å². The van der Waals surface area contributed by atoms with E-state index in [1.54, 1.807) is 26.0 Å². The van der Waals surface area contributed by atoms with Crippen molar-refractivity contribution in [2.24, 2.45) is 5.73 Å². The molecule has 0 spiro atoms. The quantitative estimate of drug-likeness (QED) is 0.616. The second kappa shape index (κ2) is 9.05. The van der Waals surface area contributed by atoms with Gasteiger partial charge in [0.05, 0.1) is 4.90 Å². The van der Waals surface area contributed by atoms with Gasteiger partial charge in [0.1, 0.15) is 6.04 Å². The molecule has 134 valence electrons. The topological polar surface area (TPSA) is 116 Å². The number of thioether (sulfide) groups is 1. The molecule has 0 saturated heterocycles. The lowest BCUT2D eigenvalue weighted by molar-refractivity contribution is -0.149. The Bertz CT molecular complexity index is 704. The molecule has 0 unspecified atom stereocenters. The van der Waals surface area contributed by atoms with Crippen LogP contribution in [0.1, 0.15) is 17.5 Å². The van der Waals surface area contributed by atoms with Crippen LogP contribution in [0.25, 0.3) is 0 Å². The van der Waals surface area contributed by atoms with E-state index in [9.17, 15) is 18.0 Å². The molecule has 0 aliphatic heterocycles. The molecule has 1 rings (SSSR count). The van der Waals surface area contributed by atoms with Crippen molar-refractivity contribution in [2.45, 2.75) is 31.2 Å². The predicted octanol–water partition coefficient (Wildman–Crippen LogP) is 0.732. The van der Waals surface area contributed by atoms with Crippen LogP contribution in [0.15, 0.2) is 23.1 Å². The summed E-state index contributed by atoms with van der Waals surface area (Å²) < 4.78 is 32.3. The zero-order valence-electron chi connectivity index (χ0n) is 13.9. The van der Waals surface area contributed by atoms with Gasteiger partial charge in [-0.1, -0.05) is 12.1 Å². The van der Waals surface area contributed by atoms with Gasteiger partial charge in [-0.2, -0.15) is 16.5 Å². The summed E-state index contributed by atoms with van der Waals surface area (Å²) in [5.41, 5.74) is 6.30. The minimum absolute atomic E-state index is 0.111. The van der Waals surface area contributed by atoms with Gasteiger partial charge < -0.3 is 10.5 Å². The van der Waals surface area contributed by atoms with E-state index in [1.165, 1.54) is 17.8 Å². The van der Waals surface area contributed by atoms with Crippen LogP contribution in [0.4, 0.5) is 0 Å². The van der Waals surface area contributed by atoms with Gasteiger partial charge in [0, 0.05) is 0 Å². The molecule has 7 nitrogen and oxygen atoms in total. The first-order valence-electron chi connectivity index (χ1n) is 7.21. The number of primary amides is 1. The Balaban J connectivity index is 3.00. The first-order chi connectivity index (χ1) is 11.2. The molecule has 1 atom stereocenters. The van der Waals surface area contributed by atoms with Crippen molar-refractivity contribution in [1.29, 1.82) is 0 Å². The molecule has 0 heterocycles. The number of aryl methyl sites for hydroxylation is 2. The van der Waals surface area contributed by atoms with Crippen LogP contribution < -0.4 is 10.5 Å². The number of amides is 1. The fourth-order valence-electron chi connectivity index (χ4n) is 1.95. The molecule has 1 aromatic rings. The molecule has 0 saturated carbocycles. The second-order valence-electron chi connectivity index (χ2n) is 5.30. The SMILES string of the molecule is CSCC[C@H](NS(=O)(=O)c1cc(C)ccc1C)C(=O)OCC(N)=O. The van der Waals surface area contributed by atoms with Gasteiger partial charge in [0.15, 0.2) is 6.61 Å². The second-order valence-corrected chi connectivity index (χ2v) is 7.97. The Hall–Kier alpha value is -1.58. The zero-order chi connectivity index (χ0) is 18.3. The molecular formula is C15H22N2O5S2. The van der Waals surface area contributed by atoms with Crippen molar-refractivity contribution in [3.05, 3.63) is 29.3 Å². The molecule has 1 aromatic carbocycles. The number of carbonyl (C=O) groups excluding carboxylic acids is 2. The summed E-state index contributed by atoms with van der Waals surface area (Å²) >= 11 is 1.46. The Morgan fingerprint density at radius 2 is 2.00 bits per heavy atom.